The van der Waals surface area contributed by atoms with E-state index in [9.17, 15) is 13.6 Å². The van der Waals surface area contributed by atoms with Crippen molar-refractivity contribution in [1.29, 1.82) is 0 Å². The third-order valence-electron chi connectivity index (χ3n) is 6.07. The third kappa shape index (κ3) is 5.89. The maximum absolute atomic E-state index is 14.4. The van der Waals surface area contributed by atoms with Crippen molar-refractivity contribution in [1.82, 2.24) is 9.99 Å². The standard InChI is InChI=1S/C30H24F2N4O2S/c1-38-27-14-12-24(13-15-27)33-30(39)35(19-21-16-20-6-2-3-11-28(20)34-29(21)37)36(25-9-4-7-22(31)17-25)26-10-5-8-23(32)18-26/h2-18H,19H2,1H3,(H,33,39)(H,34,37). The average Bonchev–Trinajstić information content (AvgIpc) is 2.93. The number of ether oxygens (including phenoxy) is 1. The number of aromatic amines is 1. The molecule has 0 saturated heterocycles. The fourth-order valence-electron chi connectivity index (χ4n) is 4.21. The number of aromatic nitrogens is 1. The number of nitrogens with zero attached hydrogens (tertiary/aromatic N) is 2. The van der Waals surface area contributed by atoms with Crippen LogP contribution in [-0.2, 0) is 6.54 Å². The van der Waals surface area contributed by atoms with Crippen molar-refractivity contribution in [2.75, 3.05) is 17.4 Å². The van der Waals surface area contributed by atoms with E-state index in [-0.39, 0.29) is 17.2 Å². The second-order valence-corrected chi connectivity index (χ2v) is 9.09. The zero-order chi connectivity index (χ0) is 27.4. The predicted molar refractivity (Wildman–Crippen MR) is 154 cm³/mol. The highest BCUT2D eigenvalue weighted by atomic mass is 32.1. The van der Waals surface area contributed by atoms with Gasteiger partial charge in [0.15, 0.2) is 5.11 Å². The molecule has 196 valence electrons. The topological polar surface area (TPSA) is 60.6 Å². The van der Waals surface area contributed by atoms with Gasteiger partial charge in [-0.2, -0.15) is 0 Å². The number of benzene rings is 4. The summed E-state index contributed by atoms with van der Waals surface area (Å²) in [5, 5.41) is 7.40. The number of H-pyrrole nitrogens is 1. The molecule has 9 heteroatoms. The van der Waals surface area contributed by atoms with Gasteiger partial charge in [0.05, 0.1) is 25.0 Å². The first-order valence-electron chi connectivity index (χ1n) is 12.1. The van der Waals surface area contributed by atoms with E-state index >= 15 is 0 Å². The summed E-state index contributed by atoms with van der Waals surface area (Å²) in [5.74, 6) is -0.287. The number of hydrazine groups is 1. The molecular weight excluding hydrogens is 518 g/mol. The molecule has 6 nitrogen and oxygen atoms in total. The normalized spacial score (nSPS) is 10.7. The first-order chi connectivity index (χ1) is 18.9. The summed E-state index contributed by atoms with van der Waals surface area (Å²) in [7, 11) is 1.58. The molecular formula is C30H24F2N4O2S. The summed E-state index contributed by atoms with van der Waals surface area (Å²) in [6.07, 6.45) is 0. The lowest BCUT2D eigenvalue weighted by Crippen LogP contribution is -2.46. The van der Waals surface area contributed by atoms with Crippen LogP contribution in [0.2, 0.25) is 0 Å². The third-order valence-corrected chi connectivity index (χ3v) is 6.39. The summed E-state index contributed by atoms with van der Waals surface area (Å²) in [6.45, 7) is -0.00478. The lowest BCUT2D eigenvalue weighted by Gasteiger charge is -2.38. The van der Waals surface area contributed by atoms with Gasteiger partial charge >= 0.3 is 0 Å². The van der Waals surface area contributed by atoms with Gasteiger partial charge in [0, 0.05) is 16.8 Å². The lowest BCUT2D eigenvalue weighted by molar-refractivity contribution is 0.415. The monoisotopic (exact) mass is 542 g/mol. The maximum atomic E-state index is 14.4. The van der Waals surface area contributed by atoms with Crippen molar-refractivity contribution in [2.45, 2.75) is 6.54 Å². The van der Waals surface area contributed by atoms with Crippen LogP contribution < -0.4 is 20.6 Å². The molecule has 1 aromatic heterocycles. The molecule has 0 amide bonds. The second kappa shape index (κ2) is 11.3. The Morgan fingerprint density at radius 1 is 0.872 bits per heavy atom. The van der Waals surface area contributed by atoms with Gasteiger partial charge in [0.1, 0.15) is 17.4 Å². The number of rotatable bonds is 7. The van der Waals surface area contributed by atoms with Crippen LogP contribution in [0.1, 0.15) is 5.56 Å². The van der Waals surface area contributed by atoms with Crippen molar-refractivity contribution < 1.29 is 13.5 Å². The minimum absolute atomic E-state index is 0.00478. The zero-order valence-electron chi connectivity index (χ0n) is 20.9. The Bertz CT molecular complexity index is 1650. The quantitative estimate of drug-likeness (QED) is 0.175. The largest absolute Gasteiger partial charge is 0.497 e. The molecule has 0 bridgehead atoms. The molecule has 39 heavy (non-hydrogen) atoms. The van der Waals surface area contributed by atoms with E-state index in [2.05, 4.69) is 10.3 Å². The van der Waals surface area contributed by atoms with E-state index in [0.717, 1.165) is 5.39 Å². The van der Waals surface area contributed by atoms with Gasteiger partial charge in [-0.15, -0.1) is 0 Å². The first kappa shape index (κ1) is 25.9. The molecule has 0 aliphatic heterocycles. The van der Waals surface area contributed by atoms with Crippen LogP contribution in [0.25, 0.3) is 10.9 Å². The Hall–Kier alpha value is -4.76. The SMILES string of the molecule is COc1ccc(NC(=S)N(Cc2cc3ccccc3[nH]c2=O)N(c2cccc(F)c2)c2cccc(F)c2)cc1. The highest BCUT2D eigenvalue weighted by Crippen LogP contribution is 2.30. The fraction of sp³-hybridized carbons (Fsp3) is 0.0667. The Balaban J connectivity index is 1.63. The van der Waals surface area contributed by atoms with E-state index in [1.54, 1.807) is 71.7 Å². The van der Waals surface area contributed by atoms with Crippen molar-refractivity contribution >= 4 is 45.3 Å². The molecule has 0 radical (unpaired) electrons. The van der Waals surface area contributed by atoms with Gasteiger partial charge < -0.3 is 15.0 Å². The lowest BCUT2D eigenvalue weighted by atomic mass is 10.1. The number of fused-ring (bicyclic) bond motifs is 1. The fourth-order valence-corrected chi connectivity index (χ4v) is 4.47. The Labute approximate surface area is 229 Å². The summed E-state index contributed by atoms with van der Waals surface area (Å²) in [4.78, 5) is 16.0. The minimum atomic E-state index is -0.480. The number of methoxy groups -OCH3 is 1. The number of thiocarbonyl (C=S) groups is 1. The molecule has 4 aromatic carbocycles. The molecule has 2 N–H and O–H groups in total. The van der Waals surface area contributed by atoms with Crippen LogP contribution >= 0.6 is 12.2 Å². The Morgan fingerprint density at radius 3 is 2.13 bits per heavy atom. The molecule has 1 heterocycles. The zero-order valence-corrected chi connectivity index (χ0v) is 21.7. The highest BCUT2D eigenvalue weighted by Gasteiger charge is 2.24. The Kier molecular flexibility index (Phi) is 7.51. The van der Waals surface area contributed by atoms with Crippen molar-refractivity contribution in [2.24, 2.45) is 0 Å². The molecule has 0 aliphatic carbocycles. The minimum Gasteiger partial charge on any atom is -0.497 e. The molecule has 0 aliphatic rings. The number of hydrogen-bond acceptors (Lipinski definition) is 4. The van der Waals surface area contributed by atoms with Crippen LogP contribution in [0.15, 0.2) is 108 Å². The van der Waals surface area contributed by atoms with E-state index in [1.807, 2.05) is 24.3 Å². The van der Waals surface area contributed by atoms with Gasteiger partial charge in [0.2, 0.25) is 0 Å². The van der Waals surface area contributed by atoms with Gasteiger partial charge in [-0.3, -0.25) is 14.8 Å². The molecule has 5 aromatic rings. The number of pyridine rings is 1. The van der Waals surface area contributed by atoms with Crippen LogP contribution in [0, 0.1) is 11.6 Å². The smallest absolute Gasteiger partial charge is 0.253 e. The summed E-state index contributed by atoms with van der Waals surface area (Å²) >= 11 is 5.84. The van der Waals surface area contributed by atoms with Crippen LogP contribution in [-0.4, -0.2) is 22.2 Å². The summed E-state index contributed by atoms with van der Waals surface area (Å²) in [6, 6.07) is 28.1. The molecule has 0 fully saturated rings. The van der Waals surface area contributed by atoms with Gasteiger partial charge in [0.25, 0.3) is 5.56 Å². The number of hydrogen-bond donors (Lipinski definition) is 2. The molecule has 5 rings (SSSR count). The molecule has 0 saturated carbocycles. The van der Waals surface area contributed by atoms with Gasteiger partial charge in [-0.1, -0.05) is 30.3 Å². The molecule has 0 spiro atoms. The van der Waals surface area contributed by atoms with Crippen molar-refractivity contribution in [3.63, 3.8) is 0 Å². The molecule has 0 atom stereocenters. The number of nitrogens with one attached hydrogen (secondary N) is 2. The Morgan fingerprint density at radius 2 is 1.51 bits per heavy atom. The average molecular weight is 543 g/mol. The van der Waals surface area contributed by atoms with Gasteiger partial charge in [-0.05, 0) is 90.4 Å². The van der Waals surface area contributed by atoms with E-state index in [0.29, 0.717) is 33.9 Å². The maximum Gasteiger partial charge on any atom is 0.253 e. The van der Waals surface area contributed by atoms with E-state index < -0.39 is 11.6 Å². The highest BCUT2D eigenvalue weighted by molar-refractivity contribution is 7.80. The number of anilines is 3. The number of halogens is 2. The number of para-hydroxylation sites is 1. The predicted octanol–water partition coefficient (Wildman–Crippen LogP) is 6.77. The second-order valence-electron chi connectivity index (χ2n) is 8.70. The van der Waals surface area contributed by atoms with Gasteiger partial charge in [-0.25, -0.2) is 8.78 Å². The van der Waals surface area contributed by atoms with E-state index in [1.165, 1.54) is 24.3 Å². The summed E-state index contributed by atoms with van der Waals surface area (Å²) < 4.78 is 34.1. The van der Waals surface area contributed by atoms with Crippen LogP contribution in [0.4, 0.5) is 25.8 Å². The van der Waals surface area contributed by atoms with Crippen molar-refractivity contribution in [3.05, 3.63) is 131 Å². The summed E-state index contributed by atoms with van der Waals surface area (Å²) in [5.41, 5.74) is 2.24. The van der Waals surface area contributed by atoms with Crippen LogP contribution in [0.3, 0.4) is 0 Å². The van der Waals surface area contributed by atoms with Crippen LogP contribution in [0.5, 0.6) is 5.75 Å². The van der Waals surface area contributed by atoms with Crippen molar-refractivity contribution in [3.8, 4) is 5.75 Å². The first-order valence-corrected chi connectivity index (χ1v) is 12.5. The van der Waals surface area contributed by atoms with E-state index in [4.69, 9.17) is 17.0 Å². The molecule has 0 unspecified atom stereocenters.